The second-order valence-electron chi connectivity index (χ2n) is 4.57. The Bertz CT molecular complexity index is 205. The van der Waals surface area contributed by atoms with Crippen LogP contribution in [0.25, 0.3) is 0 Å². The van der Waals surface area contributed by atoms with E-state index >= 15 is 0 Å². The SMILES string of the molecule is CCCCCCC[N+]1(C)C=CC=CC1. The topological polar surface area (TPSA) is 0 Å². The van der Waals surface area contributed by atoms with Gasteiger partial charge in [0.25, 0.3) is 0 Å². The molecule has 0 saturated carbocycles. The van der Waals surface area contributed by atoms with Crippen molar-refractivity contribution < 1.29 is 4.48 Å². The summed E-state index contributed by atoms with van der Waals surface area (Å²) in [6.07, 6.45) is 15.8. The quantitative estimate of drug-likeness (QED) is 0.448. The number of hydrogen-bond donors (Lipinski definition) is 0. The molecule has 1 aliphatic heterocycles. The van der Waals surface area contributed by atoms with E-state index in [-0.39, 0.29) is 0 Å². The molecule has 1 nitrogen and oxygen atoms in total. The van der Waals surface area contributed by atoms with E-state index in [0.29, 0.717) is 0 Å². The van der Waals surface area contributed by atoms with Gasteiger partial charge in [-0.3, -0.25) is 4.48 Å². The minimum absolute atomic E-state index is 1.10. The predicted molar refractivity (Wildman–Crippen MR) is 63.0 cm³/mol. The Kier molecular flexibility index (Phi) is 4.95. The maximum Gasteiger partial charge on any atom is 0.102 e. The van der Waals surface area contributed by atoms with E-state index in [1.54, 1.807) is 0 Å². The lowest BCUT2D eigenvalue weighted by Gasteiger charge is -2.30. The van der Waals surface area contributed by atoms with Crippen LogP contribution in [0.1, 0.15) is 39.0 Å². The third kappa shape index (κ3) is 4.10. The van der Waals surface area contributed by atoms with Gasteiger partial charge in [-0.2, -0.15) is 0 Å². The van der Waals surface area contributed by atoms with Crippen molar-refractivity contribution in [3.8, 4) is 0 Å². The number of nitrogens with zero attached hydrogens (tertiary/aromatic N) is 1. The lowest BCUT2D eigenvalue weighted by atomic mass is 10.1. The van der Waals surface area contributed by atoms with Crippen LogP contribution in [-0.4, -0.2) is 24.6 Å². The highest BCUT2D eigenvalue weighted by atomic mass is 15.3. The van der Waals surface area contributed by atoms with Crippen LogP contribution in [0.5, 0.6) is 0 Å². The zero-order valence-corrected chi connectivity index (χ0v) is 9.71. The summed E-state index contributed by atoms with van der Waals surface area (Å²) >= 11 is 0. The molecule has 1 rings (SSSR count). The molecular weight excluding hydrogens is 170 g/mol. The molecule has 0 aromatic rings. The first-order valence-corrected chi connectivity index (χ1v) is 5.95. The fourth-order valence-electron chi connectivity index (χ4n) is 1.94. The van der Waals surface area contributed by atoms with Gasteiger partial charge in [0.1, 0.15) is 6.54 Å². The molecule has 0 aromatic carbocycles. The van der Waals surface area contributed by atoms with E-state index in [0.717, 1.165) is 4.48 Å². The number of likely N-dealkylation sites (N-methyl/N-ethyl adjacent to an activating group) is 1. The summed E-state index contributed by atoms with van der Waals surface area (Å²) in [5.74, 6) is 0. The second kappa shape index (κ2) is 6.02. The molecule has 0 radical (unpaired) electrons. The first-order chi connectivity index (χ1) is 6.77. The Balaban J connectivity index is 2.11. The number of quaternary nitrogens is 1. The molecule has 1 atom stereocenters. The van der Waals surface area contributed by atoms with Gasteiger partial charge in [0.2, 0.25) is 0 Å². The van der Waals surface area contributed by atoms with Crippen molar-refractivity contribution in [3.05, 3.63) is 24.4 Å². The Hall–Kier alpha value is -0.560. The Labute approximate surface area is 88.7 Å². The Morgan fingerprint density at radius 3 is 2.50 bits per heavy atom. The highest BCUT2D eigenvalue weighted by Crippen LogP contribution is 2.12. The molecule has 80 valence electrons. The maximum absolute atomic E-state index is 2.32. The third-order valence-electron chi connectivity index (χ3n) is 2.99. The lowest BCUT2D eigenvalue weighted by Crippen LogP contribution is -2.40. The predicted octanol–water partition coefficient (Wildman–Crippen LogP) is 3.49. The van der Waals surface area contributed by atoms with Crippen molar-refractivity contribution in [2.75, 3.05) is 20.1 Å². The molecule has 1 heterocycles. The van der Waals surface area contributed by atoms with E-state index in [1.807, 2.05) is 0 Å². The average molecular weight is 194 g/mol. The van der Waals surface area contributed by atoms with Crippen LogP contribution in [0.3, 0.4) is 0 Å². The monoisotopic (exact) mass is 194 g/mol. The van der Waals surface area contributed by atoms with Crippen LogP contribution < -0.4 is 0 Å². The molecular formula is C13H24N+. The zero-order chi connectivity index (χ0) is 10.3. The number of hydrogen-bond acceptors (Lipinski definition) is 0. The van der Waals surface area contributed by atoms with Crippen molar-refractivity contribution in [2.45, 2.75) is 39.0 Å². The first-order valence-electron chi connectivity index (χ1n) is 5.95. The third-order valence-corrected chi connectivity index (χ3v) is 2.99. The Morgan fingerprint density at radius 1 is 1.07 bits per heavy atom. The van der Waals surface area contributed by atoms with Crippen LogP contribution >= 0.6 is 0 Å². The van der Waals surface area contributed by atoms with Crippen molar-refractivity contribution >= 4 is 0 Å². The van der Waals surface area contributed by atoms with Gasteiger partial charge < -0.3 is 0 Å². The molecule has 14 heavy (non-hydrogen) atoms. The van der Waals surface area contributed by atoms with Crippen LogP contribution in [0.4, 0.5) is 0 Å². The maximum atomic E-state index is 2.32. The summed E-state index contributed by atoms with van der Waals surface area (Å²) in [6, 6.07) is 0. The fraction of sp³-hybridized carbons (Fsp3) is 0.692. The summed E-state index contributed by atoms with van der Waals surface area (Å²) in [5.41, 5.74) is 0. The first kappa shape index (κ1) is 11.5. The Morgan fingerprint density at radius 2 is 1.86 bits per heavy atom. The average Bonchev–Trinajstić information content (AvgIpc) is 2.18. The minimum Gasteiger partial charge on any atom is -0.296 e. The van der Waals surface area contributed by atoms with E-state index in [9.17, 15) is 0 Å². The van der Waals surface area contributed by atoms with Gasteiger partial charge in [-0.1, -0.05) is 32.3 Å². The highest BCUT2D eigenvalue weighted by molar-refractivity contribution is 5.03. The second-order valence-corrected chi connectivity index (χ2v) is 4.57. The minimum atomic E-state index is 1.10. The van der Waals surface area contributed by atoms with E-state index in [2.05, 4.69) is 38.4 Å². The van der Waals surface area contributed by atoms with Gasteiger partial charge >= 0.3 is 0 Å². The van der Waals surface area contributed by atoms with Crippen LogP contribution in [0, 0.1) is 0 Å². The molecule has 1 aliphatic rings. The van der Waals surface area contributed by atoms with E-state index in [1.165, 1.54) is 45.2 Å². The normalized spacial score (nSPS) is 25.6. The summed E-state index contributed by atoms with van der Waals surface area (Å²) in [5, 5.41) is 0. The standard InChI is InChI=1S/C13H24N/c1-3-4-5-6-8-11-14(2)12-9-7-10-13-14/h7,9-10,12H,3-6,8,11,13H2,1-2H3/q+1. The molecule has 0 bridgehead atoms. The number of rotatable bonds is 6. The molecule has 0 spiro atoms. The molecule has 0 aromatic heterocycles. The van der Waals surface area contributed by atoms with Gasteiger partial charge in [0.05, 0.1) is 19.8 Å². The van der Waals surface area contributed by atoms with Crippen molar-refractivity contribution in [1.29, 1.82) is 0 Å². The van der Waals surface area contributed by atoms with Gasteiger partial charge in [-0.15, -0.1) is 0 Å². The van der Waals surface area contributed by atoms with Gasteiger partial charge in [-0.05, 0) is 25.0 Å². The summed E-state index contributed by atoms with van der Waals surface area (Å²) in [4.78, 5) is 0. The fourth-order valence-corrected chi connectivity index (χ4v) is 1.94. The van der Waals surface area contributed by atoms with E-state index in [4.69, 9.17) is 0 Å². The molecule has 0 N–H and O–H groups in total. The van der Waals surface area contributed by atoms with Crippen LogP contribution in [0.15, 0.2) is 24.4 Å². The smallest absolute Gasteiger partial charge is 0.102 e. The van der Waals surface area contributed by atoms with Crippen LogP contribution in [-0.2, 0) is 0 Å². The molecule has 1 heteroatoms. The zero-order valence-electron chi connectivity index (χ0n) is 9.71. The molecule has 0 aliphatic carbocycles. The number of unbranched alkanes of at least 4 members (excludes halogenated alkanes) is 4. The summed E-state index contributed by atoms with van der Waals surface area (Å²) < 4.78 is 1.10. The highest BCUT2D eigenvalue weighted by Gasteiger charge is 2.17. The largest absolute Gasteiger partial charge is 0.296 e. The summed E-state index contributed by atoms with van der Waals surface area (Å²) in [6.45, 7) is 4.74. The molecule has 0 saturated heterocycles. The van der Waals surface area contributed by atoms with Crippen molar-refractivity contribution in [1.82, 2.24) is 0 Å². The van der Waals surface area contributed by atoms with Gasteiger partial charge in [-0.25, -0.2) is 0 Å². The van der Waals surface area contributed by atoms with Gasteiger partial charge in [0.15, 0.2) is 0 Å². The lowest BCUT2D eigenvalue weighted by molar-refractivity contribution is -0.854. The number of allylic oxidation sites excluding steroid dienone is 2. The van der Waals surface area contributed by atoms with E-state index < -0.39 is 0 Å². The molecule has 1 unspecified atom stereocenters. The van der Waals surface area contributed by atoms with Crippen LogP contribution in [0.2, 0.25) is 0 Å². The van der Waals surface area contributed by atoms with Gasteiger partial charge in [0, 0.05) is 0 Å². The van der Waals surface area contributed by atoms with Crippen molar-refractivity contribution in [2.24, 2.45) is 0 Å². The molecule has 0 fully saturated rings. The summed E-state index contributed by atoms with van der Waals surface area (Å²) in [7, 11) is 2.32. The molecule has 0 amide bonds. The van der Waals surface area contributed by atoms with Crippen molar-refractivity contribution in [3.63, 3.8) is 0 Å².